The molecule has 2 aromatic rings. The number of imidazole rings is 1. The number of benzene rings is 1. The third-order valence-corrected chi connectivity index (χ3v) is 4.50. The molecular weight excluding hydrogens is 262 g/mol. The number of nitrogens with zero attached hydrogens (tertiary/aromatic N) is 2. The highest BCUT2D eigenvalue weighted by molar-refractivity contribution is 5.44. The Kier molecular flexibility index (Phi) is 4.13. The molecule has 1 saturated carbocycles. The molecule has 21 heavy (non-hydrogen) atoms. The lowest BCUT2D eigenvalue weighted by Crippen LogP contribution is -2.23. The van der Waals surface area contributed by atoms with Gasteiger partial charge in [-0.05, 0) is 43.0 Å². The molecule has 0 saturated heterocycles. The van der Waals surface area contributed by atoms with E-state index in [1.807, 2.05) is 41.2 Å². The van der Waals surface area contributed by atoms with E-state index >= 15 is 0 Å². The summed E-state index contributed by atoms with van der Waals surface area (Å²) in [6, 6.07) is 7.39. The summed E-state index contributed by atoms with van der Waals surface area (Å²) in [5.41, 5.74) is 7.29. The van der Waals surface area contributed by atoms with Crippen LogP contribution in [-0.2, 0) is 6.54 Å². The monoisotopic (exact) mass is 285 g/mol. The van der Waals surface area contributed by atoms with Crippen molar-refractivity contribution in [1.82, 2.24) is 9.13 Å². The van der Waals surface area contributed by atoms with Gasteiger partial charge < -0.3 is 5.73 Å². The molecule has 3 rings (SSSR count). The van der Waals surface area contributed by atoms with Crippen molar-refractivity contribution >= 4 is 5.69 Å². The second-order valence-corrected chi connectivity index (χ2v) is 6.03. The van der Waals surface area contributed by atoms with Crippen molar-refractivity contribution in [3.05, 3.63) is 47.1 Å². The minimum Gasteiger partial charge on any atom is -0.399 e. The van der Waals surface area contributed by atoms with Crippen molar-refractivity contribution < 1.29 is 0 Å². The molecule has 1 heterocycles. The highest BCUT2D eigenvalue weighted by Crippen LogP contribution is 2.28. The van der Waals surface area contributed by atoms with Crippen LogP contribution >= 0.6 is 0 Å². The van der Waals surface area contributed by atoms with E-state index in [4.69, 9.17) is 5.73 Å². The number of aromatic nitrogens is 2. The number of nitrogen functional groups attached to an aromatic ring is 1. The van der Waals surface area contributed by atoms with Crippen molar-refractivity contribution in [2.75, 3.05) is 5.73 Å². The highest BCUT2D eigenvalue weighted by Gasteiger charge is 2.14. The molecule has 0 radical (unpaired) electrons. The van der Waals surface area contributed by atoms with Crippen LogP contribution < -0.4 is 11.4 Å². The standard InChI is InChI=1S/C17H23N3O/c18-15-7-9-16(10-8-15)20-13-12-19(17(20)21)11-3-6-14-4-1-2-5-14/h7-10,12-14H,1-6,11,18H2. The molecule has 1 aromatic heterocycles. The molecule has 4 heteroatoms. The lowest BCUT2D eigenvalue weighted by Gasteiger charge is -2.08. The van der Waals surface area contributed by atoms with Gasteiger partial charge in [-0.25, -0.2) is 4.79 Å². The van der Waals surface area contributed by atoms with Crippen molar-refractivity contribution in [3.8, 4) is 5.69 Å². The number of hydrogen-bond donors (Lipinski definition) is 1. The summed E-state index contributed by atoms with van der Waals surface area (Å²) in [4.78, 5) is 12.4. The lowest BCUT2D eigenvalue weighted by molar-refractivity contribution is 0.455. The van der Waals surface area contributed by atoms with Crippen LogP contribution in [0.5, 0.6) is 0 Å². The van der Waals surface area contributed by atoms with Crippen LogP contribution in [0, 0.1) is 5.92 Å². The SMILES string of the molecule is Nc1ccc(-n2ccn(CCCC3CCCC3)c2=O)cc1. The van der Waals surface area contributed by atoms with E-state index in [-0.39, 0.29) is 5.69 Å². The fraction of sp³-hybridized carbons (Fsp3) is 0.471. The van der Waals surface area contributed by atoms with Crippen molar-refractivity contribution in [3.63, 3.8) is 0 Å². The maximum Gasteiger partial charge on any atom is 0.332 e. The number of nitrogens with two attached hydrogens (primary N) is 1. The van der Waals surface area contributed by atoms with Crippen LogP contribution in [0.2, 0.25) is 0 Å². The maximum absolute atomic E-state index is 12.4. The molecule has 0 unspecified atom stereocenters. The van der Waals surface area contributed by atoms with E-state index in [0.29, 0.717) is 5.69 Å². The molecule has 0 bridgehead atoms. The molecule has 112 valence electrons. The predicted octanol–water partition coefficient (Wildman–Crippen LogP) is 3.19. The zero-order chi connectivity index (χ0) is 14.7. The van der Waals surface area contributed by atoms with E-state index in [1.54, 1.807) is 4.57 Å². The Balaban J connectivity index is 1.64. The summed E-state index contributed by atoms with van der Waals surface area (Å²) in [7, 11) is 0. The van der Waals surface area contributed by atoms with Gasteiger partial charge in [0.15, 0.2) is 0 Å². The quantitative estimate of drug-likeness (QED) is 0.858. The smallest absolute Gasteiger partial charge is 0.332 e. The molecule has 2 N–H and O–H groups in total. The second-order valence-electron chi connectivity index (χ2n) is 6.03. The zero-order valence-electron chi connectivity index (χ0n) is 12.4. The van der Waals surface area contributed by atoms with Crippen molar-refractivity contribution in [2.24, 2.45) is 5.92 Å². The van der Waals surface area contributed by atoms with Gasteiger partial charge >= 0.3 is 5.69 Å². The third-order valence-electron chi connectivity index (χ3n) is 4.50. The van der Waals surface area contributed by atoms with Crippen LogP contribution in [0.4, 0.5) is 5.69 Å². The molecule has 1 aliphatic rings. The first-order valence-electron chi connectivity index (χ1n) is 7.88. The average Bonchev–Trinajstić information content (AvgIpc) is 3.11. The second kappa shape index (κ2) is 6.20. The van der Waals surface area contributed by atoms with Gasteiger partial charge in [0.05, 0.1) is 5.69 Å². The van der Waals surface area contributed by atoms with Gasteiger partial charge in [-0.15, -0.1) is 0 Å². The Labute approximate surface area is 125 Å². The van der Waals surface area contributed by atoms with Crippen LogP contribution in [-0.4, -0.2) is 9.13 Å². The lowest BCUT2D eigenvalue weighted by atomic mass is 10.0. The summed E-state index contributed by atoms with van der Waals surface area (Å²) in [5, 5.41) is 0. The van der Waals surface area contributed by atoms with E-state index in [0.717, 1.165) is 24.6 Å². The Hall–Kier alpha value is -1.97. The first kappa shape index (κ1) is 14.0. The molecule has 0 atom stereocenters. The van der Waals surface area contributed by atoms with Crippen LogP contribution in [0.1, 0.15) is 38.5 Å². The zero-order valence-corrected chi connectivity index (χ0v) is 12.4. The Bertz CT molecular complexity index is 633. The van der Waals surface area contributed by atoms with Crippen LogP contribution in [0.15, 0.2) is 41.5 Å². The van der Waals surface area contributed by atoms with Gasteiger partial charge in [-0.3, -0.25) is 9.13 Å². The summed E-state index contributed by atoms with van der Waals surface area (Å²) in [5.74, 6) is 0.889. The summed E-state index contributed by atoms with van der Waals surface area (Å²) in [6.07, 6.45) is 11.6. The van der Waals surface area contributed by atoms with Gasteiger partial charge in [0, 0.05) is 24.6 Å². The Morgan fingerprint density at radius 3 is 2.52 bits per heavy atom. The molecular formula is C17H23N3O. The van der Waals surface area contributed by atoms with Crippen LogP contribution in [0.25, 0.3) is 5.69 Å². The van der Waals surface area contributed by atoms with Gasteiger partial charge in [0.2, 0.25) is 0 Å². The van der Waals surface area contributed by atoms with Crippen molar-refractivity contribution in [2.45, 2.75) is 45.1 Å². The van der Waals surface area contributed by atoms with Gasteiger partial charge in [-0.2, -0.15) is 0 Å². The fourth-order valence-electron chi connectivity index (χ4n) is 3.26. The first-order valence-corrected chi connectivity index (χ1v) is 7.88. The van der Waals surface area contributed by atoms with E-state index in [9.17, 15) is 4.79 Å². The van der Waals surface area contributed by atoms with Gasteiger partial charge in [0.1, 0.15) is 0 Å². The minimum atomic E-state index is 0.0335. The van der Waals surface area contributed by atoms with E-state index < -0.39 is 0 Å². The maximum atomic E-state index is 12.4. The normalized spacial score (nSPS) is 15.6. The summed E-state index contributed by atoms with van der Waals surface area (Å²) >= 11 is 0. The molecule has 0 amide bonds. The van der Waals surface area contributed by atoms with Gasteiger partial charge in [0.25, 0.3) is 0 Å². The average molecular weight is 285 g/mol. The van der Waals surface area contributed by atoms with E-state index in [1.165, 1.54) is 32.1 Å². The molecule has 0 spiro atoms. The van der Waals surface area contributed by atoms with Crippen molar-refractivity contribution in [1.29, 1.82) is 0 Å². The molecule has 1 aliphatic carbocycles. The molecule has 4 nitrogen and oxygen atoms in total. The van der Waals surface area contributed by atoms with Crippen LogP contribution in [0.3, 0.4) is 0 Å². The number of aryl methyl sites for hydroxylation is 1. The number of rotatable bonds is 5. The molecule has 0 aliphatic heterocycles. The number of hydrogen-bond acceptors (Lipinski definition) is 2. The molecule has 1 aromatic carbocycles. The summed E-state index contributed by atoms with van der Waals surface area (Å²) < 4.78 is 3.49. The minimum absolute atomic E-state index is 0.0335. The topological polar surface area (TPSA) is 52.9 Å². The third kappa shape index (κ3) is 3.20. The Morgan fingerprint density at radius 1 is 1.10 bits per heavy atom. The summed E-state index contributed by atoms with van der Waals surface area (Å²) in [6.45, 7) is 0.817. The first-order chi connectivity index (χ1) is 10.2. The highest BCUT2D eigenvalue weighted by atomic mass is 16.1. The largest absolute Gasteiger partial charge is 0.399 e. The number of anilines is 1. The van der Waals surface area contributed by atoms with Gasteiger partial charge in [-0.1, -0.05) is 25.7 Å². The van der Waals surface area contributed by atoms with E-state index in [2.05, 4.69) is 0 Å². The fourth-order valence-corrected chi connectivity index (χ4v) is 3.26. The predicted molar refractivity (Wildman–Crippen MR) is 85.6 cm³/mol. The molecule has 1 fully saturated rings. The Morgan fingerprint density at radius 2 is 1.81 bits per heavy atom.